The van der Waals surface area contributed by atoms with Crippen molar-refractivity contribution >= 4 is 17.2 Å². The number of carbonyl (C=O) groups excluding carboxylic acids is 1. The van der Waals surface area contributed by atoms with Gasteiger partial charge in [-0.1, -0.05) is 6.92 Å². The van der Waals surface area contributed by atoms with Crippen LogP contribution in [0.3, 0.4) is 0 Å². The molecular formula is C15H20N4OS. The second kappa shape index (κ2) is 5.61. The van der Waals surface area contributed by atoms with E-state index >= 15 is 0 Å². The van der Waals surface area contributed by atoms with Gasteiger partial charge in [-0.2, -0.15) is 5.10 Å². The summed E-state index contributed by atoms with van der Waals surface area (Å²) in [7, 11) is 1.83. The van der Waals surface area contributed by atoms with Crippen LogP contribution in [-0.4, -0.2) is 27.1 Å². The molecule has 1 aliphatic heterocycles. The van der Waals surface area contributed by atoms with Crippen LogP contribution in [0, 0.1) is 0 Å². The Morgan fingerprint density at radius 1 is 1.62 bits per heavy atom. The van der Waals surface area contributed by atoms with Gasteiger partial charge in [-0.05, 0) is 29.9 Å². The van der Waals surface area contributed by atoms with E-state index in [1.54, 1.807) is 22.2 Å². The zero-order valence-corrected chi connectivity index (χ0v) is 13.1. The van der Waals surface area contributed by atoms with E-state index in [9.17, 15) is 4.79 Å². The fraction of sp³-hybridized carbons (Fsp3) is 0.467. The smallest absolute Gasteiger partial charge is 0.244 e. The minimum absolute atomic E-state index is 0.00769. The first-order valence-corrected chi connectivity index (χ1v) is 8.10. The molecular weight excluding hydrogens is 284 g/mol. The molecule has 0 bridgehead atoms. The van der Waals surface area contributed by atoms with Gasteiger partial charge in [0.15, 0.2) is 0 Å². The Bertz CT molecular complexity index is 648. The maximum atomic E-state index is 12.8. The van der Waals surface area contributed by atoms with Crippen molar-refractivity contribution in [1.29, 1.82) is 0 Å². The second-order valence-electron chi connectivity index (χ2n) is 5.43. The van der Waals surface area contributed by atoms with Crippen LogP contribution in [0.2, 0.25) is 0 Å². The highest BCUT2D eigenvalue weighted by Gasteiger charge is 2.33. The standard InChI is InChI=1S/C15H20N4OS/c1-3-12-11-5-7-21-13(11)4-6-19(12)15(20)14(16)10-8-17-18(2)9-10/h5,7-9,12,14H,3-4,6,16H2,1-2H3. The van der Waals surface area contributed by atoms with Gasteiger partial charge >= 0.3 is 0 Å². The van der Waals surface area contributed by atoms with Gasteiger partial charge in [0.05, 0.1) is 12.2 Å². The van der Waals surface area contributed by atoms with Gasteiger partial charge in [-0.15, -0.1) is 11.3 Å². The zero-order chi connectivity index (χ0) is 15.0. The molecule has 0 aliphatic carbocycles. The highest BCUT2D eigenvalue weighted by Crippen LogP contribution is 2.36. The highest BCUT2D eigenvalue weighted by atomic mass is 32.1. The first kappa shape index (κ1) is 14.3. The summed E-state index contributed by atoms with van der Waals surface area (Å²) in [4.78, 5) is 16.1. The average molecular weight is 304 g/mol. The number of hydrogen-bond donors (Lipinski definition) is 1. The number of amides is 1. The number of rotatable bonds is 3. The lowest BCUT2D eigenvalue weighted by Crippen LogP contribution is -2.44. The van der Waals surface area contributed by atoms with Crippen LogP contribution < -0.4 is 5.73 Å². The summed E-state index contributed by atoms with van der Waals surface area (Å²) < 4.78 is 1.67. The third-order valence-corrected chi connectivity index (χ3v) is 5.11. The predicted molar refractivity (Wildman–Crippen MR) is 82.9 cm³/mol. The van der Waals surface area contributed by atoms with Crippen LogP contribution in [0.4, 0.5) is 0 Å². The fourth-order valence-electron chi connectivity index (χ4n) is 3.02. The summed E-state index contributed by atoms with van der Waals surface area (Å²) in [6.07, 6.45) is 5.32. The van der Waals surface area contributed by atoms with Gasteiger partial charge in [0, 0.05) is 30.2 Å². The largest absolute Gasteiger partial charge is 0.334 e. The normalized spacial score (nSPS) is 19.4. The van der Waals surface area contributed by atoms with Crippen LogP contribution >= 0.6 is 11.3 Å². The molecule has 0 spiro atoms. The van der Waals surface area contributed by atoms with Crippen molar-refractivity contribution in [3.8, 4) is 0 Å². The average Bonchev–Trinajstić information content (AvgIpc) is 3.12. The molecule has 0 radical (unpaired) electrons. The third kappa shape index (κ3) is 2.49. The van der Waals surface area contributed by atoms with Crippen molar-refractivity contribution in [1.82, 2.24) is 14.7 Å². The third-order valence-electron chi connectivity index (χ3n) is 4.11. The summed E-state index contributed by atoms with van der Waals surface area (Å²) in [5, 5.41) is 6.21. The first-order valence-electron chi connectivity index (χ1n) is 7.22. The molecule has 1 aliphatic rings. The minimum atomic E-state index is -0.632. The molecule has 21 heavy (non-hydrogen) atoms. The number of nitrogens with two attached hydrogens (primary N) is 1. The van der Waals surface area contributed by atoms with Crippen LogP contribution in [0.15, 0.2) is 23.8 Å². The van der Waals surface area contributed by atoms with E-state index < -0.39 is 6.04 Å². The quantitative estimate of drug-likeness (QED) is 0.943. The Morgan fingerprint density at radius 2 is 2.43 bits per heavy atom. The maximum absolute atomic E-state index is 12.8. The Balaban J connectivity index is 1.84. The second-order valence-corrected chi connectivity index (χ2v) is 6.43. The van der Waals surface area contributed by atoms with E-state index in [0.29, 0.717) is 0 Å². The first-order chi connectivity index (χ1) is 10.1. The molecule has 2 aromatic heterocycles. The Hall–Kier alpha value is -1.66. The van der Waals surface area contributed by atoms with E-state index in [2.05, 4.69) is 23.5 Å². The van der Waals surface area contributed by atoms with Crippen molar-refractivity contribution in [3.05, 3.63) is 39.8 Å². The van der Waals surface area contributed by atoms with Gasteiger partial charge in [0.2, 0.25) is 5.91 Å². The monoisotopic (exact) mass is 304 g/mol. The van der Waals surface area contributed by atoms with Crippen molar-refractivity contribution in [2.45, 2.75) is 31.8 Å². The maximum Gasteiger partial charge on any atom is 0.244 e. The summed E-state index contributed by atoms with van der Waals surface area (Å²) in [5.41, 5.74) is 8.22. The molecule has 0 saturated heterocycles. The molecule has 3 rings (SSSR count). The van der Waals surface area contributed by atoms with Gasteiger partial charge in [-0.3, -0.25) is 9.48 Å². The van der Waals surface area contributed by atoms with Crippen LogP contribution in [0.25, 0.3) is 0 Å². The van der Waals surface area contributed by atoms with Crippen LogP contribution in [0.1, 0.15) is 41.4 Å². The Morgan fingerprint density at radius 3 is 3.10 bits per heavy atom. The van der Waals surface area contributed by atoms with Crippen molar-refractivity contribution in [3.63, 3.8) is 0 Å². The number of nitrogens with zero attached hydrogens (tertiary/aromatic N) is 3. The van der Waals surface area contributed by atoms with E-state index in [1.807, 2.05) is 18.1 Å². The Labute approximate surface area is 128 Å². The van der Waals surface area contributed by atoms with Gasteiger partial charge < -0.3 is 10.6 Å². The van der Waals surface area contributed by atoms with E-state index in [-0.39, 0.29) is 11.9 Å². The molecule has 2 N–H and O–H groups in total. The number of hydrogen-bond acceptors (Lipinski definition) is 4. The van der Waals surface area contributed by atoms with Gasteiger partial charge in [0.1, 0.15) is 6.04 Å². The molecule has 2 unspecified atom stereocenters. The fourth-order valence-corrected chi connectivity index (χ4v) is 3.95. The number of carbonyl (C=O) groups is 1. The summed E-state index contributed by atoms with van der Waals surface area (Å²) in [5.74, 6) is -0.00769. The lowest BCUT2D eigenvalue weighted by Gasteiger charge is -2.36. The molecule has 6 heteroatoms. The zero-order valence-electron chi connectivity index (χ0n) is 12.3. The number of aryl methyl sites for hydroxylation is 1. The van der Waals surface area contributed by atoms with E-state index in [0.717, 1.165) is 24.9 Å². The van der Waals surface area contributed by atoms with Crippen LogP contribution in [-0.2, 0) is 18.3 Å². The molecule has 1 amide bonds. The topological polar surface area (TPSA) is 64.2 Å². The van der Waals surface area contributed by atoms with E-state index in [4.69, 9.17) is 5.73 Å². The summed E-state index contributed by atoms with van der Waals surface area (Å²) in [6, 6.07) is 1.66. The lowest BCUT2D eigenvalue weighted by atomic mass is 9.96. The predicted octanol–water partition coefficient (Wildman–Crippen LogP) is 2.02. The van der Waals surface area contributed by atoms with E-state index in [1.165, 1.54) is 10.4 Å². The molecule has 2 aromatic rings. The van der Waals surface area contributed by atoms with Crippen molar-refractivity contribution in [2.75, 3.05) is 6.54 Å². The SMILES string of the molecule is CCC1c2ccsc2CCN1C(=O)C(N)c1cnn(C)c1. The highest BCUT2D eigenvalue weighted by molar-refractivity contribution is 7.10. The molecule has 0 fully saturated rings. The van der Waals surface area contributed by atoms with Gasteiger partial charge in [0.25, 0.3) is 0 Å². The lowest BCUT2D eigenvalue weighted by molar-refractivity contribution is -0.135. The molecule has 0 aromatic carbocycles. The number of thiophene rings is 1. The minimum Gasteiger partial charge on any atom is -0.334 e. The molecule has 2 atom stereocenters. The molecule has 112 valence electrons. The molecule has 5 nitrogen and oxygen atoms in total. The summed E-state index contributed by atoms with van der Waals surface area (Å²) in [6.45, 7) is 2.87. The summed E-state index contributed by atoms with van der Waals surface area (Å²) >= 11 is 1.78. The molecule has 3 heterocycles. The Kier molecular flexibility index (Phi) is 3.82. The van der Waals surface area contributed by atoms with Gasteiger partial charge in [-0.25, -0.2) is 0 Å². The molecule has 0 saturated carbocycles. The number of aromatic nitrogens is 2. The van der Waals surface area contributed by atoms with Crippen molar-refractivity contribution in [2.24, 2.45) is 12.8 Å². The number of fused-ring (bicyclic) bond motifs is 1. The van der Waals surface area contributed by atoms with Crippen molar-refractivity contribution < 1.29 is 4.79 Å². The van der Waals surface area contributed by atoms with Crippen LogP contribution in [0.5, 0.6) is 0 Å².